The second kappa shape index (κ2) is 7.92. The third-order valence-electron chi connectivity index (χ3n) is 1.58. The molecular weight excluding hydrogens is 186 g/mol. The zero-order valence-electron chi connectivity index (χ0n) is 9.95. The number of para-hydroxylation sites is 1. The van der Waals surface area contributed by atoms with Gasteiger partial charge in [0.25, 0.3) is 0 Å². The van der Waals surface area contributed by atoms with Gasteiger partial charge in [0.1, 0.15) is 5.78 Å². The van der Waals surface area contributed by atoms with Crippen molar-refractivity contribution in [3.8, 4) is 0 Å². The van der Waals surface area contributed by atoms with Crippen molar-refractivity contribution in [3.05, 3.63) is 30.3 Å². The third kappa shape index (κ3) is 6.61. The monoisotopic (exact) mass is 205 g/mol. The number of hydrogen-bond acceptors (Lipinski definition) is 2. The maximum atomic E-state index is 10.8. The summed E-state index contributed by atoms with van der Waals surface area (Å²) in [7, 11) is 0. The third-order valence-corrected chi connectivity index (χ3v) is 1.58. The zero-order chi connectivity index (χ0) is 11.7. The average Bonchev–Trinajstić information content (AvgIpc) is 2.21. The molecule has 15 heavy (non-hydrogen) atoms. The van der Waals surface area contributed by atoms with Crippen molar-refractivity contribution < 1.29 is 4.79 Å². The standard InChI is InChI=1S/C11H13NO.C2H6/c1-9(8-10(2)13)12-11-6-4-3-5-7-11;1-2/h3-7H,8H2,1-2H3;1-2H3. The molecule has 1 rings (SSSR count). The molecule has 0 heterocycles. The lowest BCUT2D eigenvalue weighted by molar-refractivity contribution is -0.115. The van der Waals surface area contributed by atoms with Gasteiger partial charge < -0.3 is 0 Å². The minimum atomic E-state index is 0.150. The molecule has 1 aromatic carbocycles. The molecule has 0 spiro atoms. The molecule has 0 aliphatic heterocycles. The Labute approximate surface area is 92.0 Å². The average molecular weight is 205 g/mol. The molecule has 82 valence electrons. The highest BCUT2D eigenvalue weighted by atomic mass is 16.1. The lowest BCUT2D eigenvalue weighted by Gasteiger charge is -1.96. The van der Waals surface area contributed by atoms with E-state index in [0.29, 0.717) is 6.42 Å². The van der Waals surface area contributed by atoms with Crippen LogP contribution in [0.2, 0.25) is 0 Å². The molecule has 2 nitrogen and oxygen atoms in total. The molecule has 0 N–H and O–H groups in total. The van der Waals surface area contributed by atoms with Crippen LogP contribution in [-0.2, 0) is 4.79 Å². The first-order chi connectivity index (χ1) is 7.18. The largest absolute Gasteiger partial charge is 0.300 e. The Hall–Kier alpha value is -1.44. The summed E-state index contributed by atoms with van der Waals surface area (Å²) in [5.74, 6) is 0.150. The van der Waals surface area contributed by atoms with Crippen molar-refractivity contribution in [2.24, 2.45) is 4.99 Å². The smallest absolute Gasteiger partial charge is 0.135 e. The number of carbonyl (C=O) groups excluding carboxylic acids is 1. The normalized spacial score (nSPS) is 10.3. The lowest BCUT2D eigenvalue weighted by atomic mass is 10.2. The van der Waals surface area contributed by atoms with E-state index in [1.165, 1.54) is 0 Å². The molecule has 0 saturated carbocycles. The van der Waals surface area contributed by atoms with Gasteiger partial charge in [-0.25, -0.2) is 0 Å². The molecule has 0 amide bonds. The fraction of sp³-hybridized carbons (Fsp3) is 0.385. The van der Waals surface area contributed by atoms with Gasteiger partial charge in [0, 0.05) is 12.1 Å². The maximum absolute atomic E-state index is 10.8. The van der Waals surface area contributed by atoms with E-state index < -0.39 is 0 Å². The number of ketones is 1. The van der Waals surface area contributed by atoms with Crippen LogP contribution in [0, 0.1) is 0 Å². The highest BCUT2D eigenvalue weighted by Crippen LogP contribution is 2.10. The van der Waals surface area contributed by atoms with Gasteiger partial charge in [-0.15, -0.1) is 0 Å². The van der Waals surface area contributed by atoms with Crippen LogP contribution in [0.25, 0.3) is 0 Å². The number of rotatable bonds is 3. The summed E-state index contributed by atoms with van der Waals surface area (Å²) in [4.78, 5) is 15.1. The maximum Gasteiger partial charge on any atom is 0.135 e. The summed E-state index contributed by atoms with van der Waals surface area (Å²) in [5, 5.41) is 0. The van der Waals surface area contributed by atoms with Gasteiger partial charge in [0.05, 0.1) is 5.69 Å². The van der Waals surface area contributed by atoms with E-state index in [2.05, 4.69) is 4.99 Å². The van der Waals surface area contributed by atoms with E-state index in [-0.39, 0.29) is 5.78 Å². The van der Waals surface area contributed by atoms with Crippen molar-refractivity contribution in [1.29, 1.82) is 0 Å². The van der Waals surface area contributed by atoms with Gasteiger partial charge in [0.2, 0.25) is 0 Å². The number of aliphatic imine (C=N–C) groups is 1. The fourth-order valence-corrected chi connectivity index (χ4v) is 1.12. The van der Waals surface area contributed by atoms with Crippen LogP contribution in [0.3, 0.4) is 0 Å². The van der Waals surface area contributed by atoms with Crippen LogP contribution in [0.1, 0.15) is 34.1 Å². The molecule has 0 aromatic heterocycles. The highest BCUT2D eigenvalue weighted by molar-refractivity contribution is 6.00. The first-order valence-corrected chi connectivity index (χ1v) is 5.27. The molecule has 1 aromatic rings. The first-order valence-electron chi connectivity index (χ1n) is 5.27. The summed E-state index contributed by atoms with van der Waals surface area (Å²) in [6.45, 7) is 7.44. The predicted octanol–water partition coefficient (Wildman–Crippen LogP) is 3.78. The Bertz CT molecular complexity index is 315. The van der Waals surface area contributed by atoms with Crippen LogP contribution in [0.5, 0.6) is 0 Å². The zero-order valence-corrected chi connectivity index (χ0v) is 9.95. The molecule has 0 aliphatic rings. The summed E-state index contributed by atoms with van der Waals surface area (Å²) >= 11 is 0. The van der Waals surface area contributed by atoms with Crippen molar-refractivity contribution in [3.63, 3.8) is 0 Å². The molecule has 0 atom stereocenters. The predicted molar refractivity (Wildman–Crippen MR) is 65.9 cm³/mol. The minimum Gasteiger partial charge on any atom is -0.300 e. The van der Waals surface area contributed by atoms with Crippen LogP contribution in [0.15, 0.2) is 35.3 Å². The minimum absolute atomic E-state index is 0.150. The number of Topliss-reactive ketones (excluding diaryl/α,β-unsaturated/α-hetero) is 1. The summed E-state index contributed by atoms with van der Waals surface area (Å²) < 4.78 is 0. The first kappa shape index (κ1) is 13.6. The van der Waals surface area contributed by atoms with Gasteiger partial charge in [-0.1, -0.05) is 32.0 Å². The van der Waals surface area contributed by atoms with Crippen molar-refractivity contribution >= 4 is 17.2 Å². The summed E-state index contributed by atoms with van der Waals surface area (Å²) in [6.07, 6.45) is 0.439. The van der Waals surface area contributed by atoms with Gasteiger partial charge in [-0.2, -0.15) is 0 Å². The van der Waals surface area contributed by atoms with Crippen LogP contribution in [0.4, 0.5) is 5.69 Å². The Morgan fingerprint density at radius 1 is 1.13 bits per heavy atom. The van der Waals surface area contributed by atoms with E-state index in [1.54, 1.807) is 6.92 Å². The van der Waals surface area contributed by atoms with E-state index in [1.807, 2.05) is 51.1 Å². The SMILES string of the molecule is CC.CC(=O)CC(C)=Nc1ccccc1. The molecular formula is C13H19NO. The molecule has 0 saturated heterocycles. The quantitative estimate of drug-likeness (QED) is 0.690. The Morgan fingerprint density at radius 2 is 1.67 bits per heavy atom. The van der Waals surface area contributed by atoms with Gasteiger partial charge >= 0.3 is 0 Å². The van der Waals surface area contributed by atoms with Crippen LogP contribution < -0.4 is 0 Å². The van der Waals surface area contributed by atoms with Gasteiger partial charge in [0.15, 0.2) is 0 Å². The summed E-state index contributed by atoms with van der Waals surface area (Å²) in [6, 6.07) is 9.65. The molecule has 0 radical (unpaired) electrons. The van der Waals surface area contributed by atoms with E-state index >= 15 is 0 Å². The summed E-state index contributed by atoms with van der Waals surface area (Å²) in [5.41, 5.74) is 1.76. The molecule has 0 aliphatic carbocycles. The number of hydrogen-bond donors (Lipinski definition) is 0. The van der Waals surface area contributed by atoms with E-state index in [0.717, 1.165) is 11.4 Å². The van der Waals surface area contributed by atoms with Crippen LogP contribution in [-0.4, -0.2) is 11.5 Å². The van der Waals surface area contributed by atoms with Gasteiger partial charge in [-0.05, 0) is 26.0 Å². The highest BCUT2D eigenvalue weighted by Gasteiger charge is 1.96. The van der Waals surface area contributed by atoms with Crippen molar-refractivity contribution in [2.45, 2.75) is 34.1 Å². The molecule has 0 bridgehead atoms. The second-order valence-electron chi connectivity index (χ2n) is 3.06. The second-order valence-corrected chi connectivity index (χ2v) is 3.06. The Balaban J connectivity index is 0.000000921. The fourth-order valence-electron chi connectivity index (χ4n) is 1.12. The molecule has 0 fully saturated rings. The van der Waals surface area contributed by atoms with Crippen LogP contribution >= 0.6 is 0 Å². The van der Waals surface area contributed by atoms with E-state index in [9.17, 15) is 4.79 Å². The van der Waals surface area contributed by atoms with E-state index in [4.69, 9.17) is 0 Å². The number of benzene rings is 1. The number of carbonyl (C=O) groups is 1. The number of nitrogens with zero attached hydrogens (tertiary/aromatic N) is 1. The topological polar surface area (TPSA) is 29.4 Å². The van der Waals surface area contributed by atoms with Gasteiger partial charge in [-0.3, -0.25) is 9.79 Å². The van der Waals surface area contributed by atoms with Crippen molar-refractivity contribution in [1.82, 2.24) is 0 Å². The van der Waals surface area contributed by atoms with Crippen molar-refractivity contribution in [2.75, 3.05) is 0 Å². The molecule has 2 heteroatoms. The Morgan fingerprint density at radius 3 is 2.13 bits per heavy atom. The molecule has 0 unspecified atom stereocenters. The lowest BCUT2D eigenvalue weighted by Crippen LogP contribution is -1.98. The Kier molecular flexibility index (Phi) is 7.16.